The van der Waals surface area contributed by atoms with Crippen LogP contribution >= 0.6 is 22.6 Å². The molecule has 0 bridgehead atoms. The summed E-state index contributed by atoms with van der Waals surface area (Å²) in [5.74, 6) is 2.03. The second-order valence-electron chi connectivity index (χ2n) is 2.32. The van der Waals surface area contributed by atoms with Gasteiger partial charge >= 0.3 is 0 Å². The van der Waals surface area contributed by atoms with Crippen LogP contribution in [0.2, 0.25) is 0 Å². The molecule has 1 rings (SSSR count). The van der Waals surface area contributed by atoms with Crippen molar-refractivity contribution in [1.82, 2.24) is 0 Å². The third-order valence-electron chi connectivity index (χ3n) is 1.66. The molecule has 0 aliphatic heterocycles. The van der Waals surface area contributed by atoms with E-state index in [1.807, 2.05) is 12.1 Å². The molecule has 0 heterocycles. The van der Waals surface area contributed by atoms with E-state index >= 15 is 0 Å². The van der Waals surface area contributed by atoms with Crippen LogP contribution in [0, 0.1) is 3.57 Å². The molecule has 1 aromatic rings. The zero-order valence-corrected chi connectivity index (χ0v) is 9.91. The van der Waals surface area contributed by atoms with Crippen molar-refractivity contribution in [3.05, 3.63) is 15.7 Å². The lowest BCUT2D eigenvalue weighted by Crippen LogP contribution is -1.96. The Labute approximate surface area is 91.1 Å². The van der Waals surface area contributed by atoms with Crippen LogP contribution in [-0.4, -0.2) is 21.3 Å². The minimum atomic E-state index is 0.636. The zero-order chi connectivity index (χ0) is 9.84. The van der Waals surface area contributed by atoms with Crippen molar-refractivity contribution in [2.45, 2.75) is 0 Å². The van der Waals surface area contributed by atoms with Crippen LogP contribution in [0.5, 0.6) is 17.2 Å². The first kappa shape index (κ1) is 10.4. The summed E-state index contributed by atoms with van der Waals surface area (Å²) in [4.78, 5) is 0. The van der Waals surface area contributed by atoms with Gasteiger partial charge < -0.3 is 14.2 Å². The molecule has 0 spiro atoms. The lowest BCUT2D eigenvalue weighted by atomic mass is 10.3. The molecule has 4 heteroatoms. The van der Waals surface area contributed by atoms with Crippen molar-refractivity contribution in [2.24, 2.45) is 0 Å². The Morgan fingerprint density at radius 2 is 1.54 bits per heavy atom. The fraction of sp³-hybridized carbons (Fsp3) is 0.333. The number of hydrogen-bond donors (Lipinski definition) is 0. The van der Waals surface area contributed by atoms with Crippen molar-refractivity contribution in [1.29, 1.82) is 0 Å². The van der Waals surface area contributed by atoms with E-state index in [0.717, 1.165) is 3.57 Å². The van der Waals surface area contributed by atoms with Crippen molar-refractivity contribution >= 4 is 22.6 Å². The third-order valence-corrected chi connectivity index (χ3v) is 2.51. The van der Waals surface area contributed by atoms with Crippen LogP contribution < -0.4 is 14.2 Å². The largest absolute Gasteiger partial charge is 0.493 e. The summed E-state index contributed by atoms with van der Waals surface area (Å²) in [6.07, 6.45) is 0. The highest BCUT2D eigenvalue weighted by Crippen LogP contribution is 2.39. The van der Waals surface area contributed by atoms with Crippen LogP contribution in [0.4, 0.5) is 0 Å². The lowest BCUT2D eigenvalue weighted by molar-refractivity contribution is 0.323. The predicted octanol–water partition coefficient (Wildman–Crippen LogP) is 2.32. The van der Waals surface area contributed by atoms with E-state index in [0.29, 0.717) is 17.2 Å². The third kappa shape index (κ3) is 1.99. The Morgan fingerprint density at radius 3 is 2.00 bits per heavy atom. The van der Waals surface area contributed by atoms with Gasteiger partial charge in [-0.25, -0.2) is 0 Å². The number of rotatable bonds is 3. The van der Waals surface area contributed by atoms with Crippen molar-refractivity contribution in [3.63, 3.8) is 0 Å². The van der Waals surface area contributed by atoms with Crippen LogP contribution in [0.15, 0.2) is 12.1 Å². The maximum Gasteiger partial charge on any atom is 0.204 e. The van der Waals surface area contributed by atoms with Gasteiger partial charge in [-0.2, -0.15) is 0 Å². The zero-order valence-electron chi connectivity index (χ0n) is 7.76. The van der Waals surface area contributed by atoms with Crippen LogP contribution in [-0.2, 0) is 0 Å². The van der Waals surface area contributed by atoms with Gasteiger partial charge in [-0.3, -0.25) is 0 Å². The van der Waals surface area contributed by atoms with E-state index in [4.69, 9.17) is 14.2 Å². The maximum atomic E-state index is 5.20. The molecule has 1 aromatic carbocycles. The molecule has 13 heavy (non-hydrogen) atoms. The first-order chi connectivity index (χ1) is 6.24. The van der Waals surface area contributed by atoms with E-state index in [2.05, 4.69) is 22.6 Å². The maximum absolute atomic E-state index is 5.20. The fourth-order valence-corrected chi connectivity index (χ4v) is 1.71. The molecule has 0 atom stereocenters. The van der Waals surface area contributed by atoms with Crippen molar-refractivity contribution in [3.8, 4) is 17.2 Å². The van der Waals surface area contributed by atoms with Gasteiger partial charge in [-0.1, -0.05) is 0 Å². The van der Waals surface area contributed by atoms with Crippen molar-refractivity contribution < 1.29 is 14.2 Å². The van der Waals surface area contributed by atoms with E-state index in [1.165, 1.54) is 0 Å². The average Bonchev–Trinajstić information content (AvgIpc) is 2.17. The number of methoxy groups -OCH3 is 3. The van der Waals surface area contributed by atoms with E-state index in [1.54, 1.807) is 21.3 Å². The molecule has 0 fully saturated rings. The normalized spacial score (nSPS) is 9.54. The molecule has 3 nitrogen and oxygen atoms in total. The Balaban J connectivity index is 3.27. The number of ether oxygens (including phenoxy) is 3. The summed E-state index contributed by atoms with van der Waals surface area (Å²) in [6, 6.07) is 3.77. The van der Waals surface area contributed by atoms with Gasteiger partial charge in [0.2, 0.25) is 5.75 Å². The lowest BCUT2D eigenvalue weighted by Gasteiger charge is -2.12. The summed E-state index contributed by atoms with van der Waals surface area (Å²) < 4.78 is 16.5. The predicted molar refractivity (Wildman–Crippen MR) is 58.8 cm³/mol. The van der Waals surface area contributed by atoms with E-state index < -0.39 is 0 Å². The van der Waals surface area contributed by atoms with Crippen molar-refractivity contribution in [2.75, 3.05) is 21.3 Å². The molecule has 0 aromatic heterocycles. The number of benzene rings is 1. The SMILES string of the molecule is COc1ccc(I)c(OC)c1OC. The molecular weight excluding hydrogens is 283 g/mol. The second kappa shape index (κ2) is 4.55. The Hall–Kier alpha value is -0.650. The van der Waals surface area contributed by atoms with Gasteiger partial charge in [0.25, 0.3) is 0 Å². The fourth-order valence-electron chi connectivity index (χ4n) is 1.06. The average molecular weight is 294 g/mol. The highest BCUT2D eigenvalue weighted by atomic mass is 127. The van der Waals surface area contributed by atoms with E-state index in [9.17, 15) is 0 Å². The molecule has 0 aliphatic carbocycles. The first-order valence-electron chi connectivity index (χ1n) is 3.69. The topological polar surface area (TPSA) is 27.7 Å². The van der Waals surface area contributed by atoms with E-state index in [-0.39, 0.29) is 0 Å². The van der Waals surface area contributed by atoms with Gasteiger partial charge in [0.05, 0.1) is 24.9 Å². The minimum Gasteiger partial charge on any atom is -0.493 e. The smallest absolute Gasteiger partial charge is 0.204 e. The molecule has 0 unspecified atom stereocenters. The van der Waals surface area contributed by atoms with Crippen LogP contribution in [0.3, 0.4) is 0 Å². The number of hydrogen-bond acceptors (Lipinski definition) is 3. The summed E-state index contributed by atoms with van der Waals surface area (Å²) in [6.45, 7) is 0. The Morgan fingerprint density at radius 1 is 0.923 bits per heavy atom. The van der Waals surface area contributed by atoms with Gasteiger partial charge in [-0.15, -0.1) is 0 Å². The molecule has 0 saturated heterocycles. The molecule has 0 N–H and O–H groups in total. The van der Waals surface area contributed by atoms with Gasteiger partial charge in [0.15, 0.2) is 11.5 Å². The van der Waals surface area contributed by atoms with Crippen LogP contribution in [0.25, 0.3) is 0 Å². The summed E-state index contributed by atoms with van der Waals surface area (Å²) in [7, 11) is 4.81. The standard InChI is InChI=1S/C9H11IO3/c1-11-7-5-4-6(10)8(12-2)9(7)13-3/h4-5H,1-3H3. The van der Waals surface area contributed by atoms with Gasteiger partial charge in [-0.05, 0) is 34.7 Å². The molecule has 0 amide bonds. The number of halogens is 1. The minimum absolute atomic E-state index is 0.636. The quantitative estimate of drug-likeness (QED) is 0.801. The second-order valence-corrected chi connectivity index (χ2v) is 3.48. The van der Waals surface area contributed by atoms with Gasteiger partial charge in [0.1, 0.15) is 0 Å². The summed E-state index contributed by atoms with van der Waals surface area (Å²) >= 11 is 2.18. The van der Waals surface area contributed by atoms with Crippen LogP contribution in [0.1, 0.15) is 0 Å². The monoisotopic (exact) mass is 294 g/mol. The molecule has 0 aliphatic rings. The summed E-state index contributed by atoms with van der Waals surface area (Å²) in [5.41, 5.74) is 0. The molecule has 72 valence electrons. The summed E-state index contributed by atoms with van der Waals surface area (Å²) in [5, 5.41) is 0. The molecule has 0 saturated carbocycles. The highest BCUT2D eigenvalue weighted by Gasteiger charge is 2.13. The highest BCUT2D eigenvalue weighted by molar-refractivity contribution is 14.1. The Bertz CT molecular complexity index is 299. The first-order valence-corrected chi connectivity index (χ1v) is 4.77. The Kier molecular flexibility index (Phi) is 3.65. The van der Waals surface area contributed by atoms with Gasteiger partial charge in [0, 0.05) is 0 Å². The molecular formula is C9H11IO3. The molecule has 0 radical (unpaired) electrons.